The molecule has 0 saturated heterocycles. The van der Waals surface area contributed by atoms with Crippen LogP contribution in [0.25, 0.3) is 0 Å². The van der Waals surface area contributed by atoms with Gasteiger partial charge in [0.2, 0.25) is 0 Å². The van der Waals surface area contributed by atoms with E-state index in [1.165, 1.54) is 11.1 Å². The SMILES string of the molecule is COC(C)(C)CCc1ccc(C2(N)CC2)cc1. The van der Waals surface area contributed by atoms with Crippen molar-refractivity contribution < 1.29 is 4.74 Å². The fraction of sp³-hybridized carbons (Fsp3) is 0.600. The zero-order chi connectivity index (χ0) is 12.5. The molecule has 1 aromatic carbocycles. The second-order valence-electron chi connectivity index (χ2n) is 5.82. The van der Waals surface area contributed by atoms with E-state index in [-0.39, 0.29) is 11.1 Å². The van der Waals surface area contributed by atoms with Crippen molar-refractivity contribution >= 4 is 0 Å². The van der Waals surface area contributed by atoms with Crippen molar-refractivity contribution in [1.82, 2.24) is 0 Å². The summed E-state index contributed by atoms with van der Waals surface area (Å²) in [5.41, 5.74) is 8.76. The van der Waals surface area contributed by atoms with Crippen LogP contribution in [0.4, 0.5) is 0 Å². The molecule has 0 unspecified atom stereocenters. The van der Waals surface area contributed by atoms with Crippen molar-refractivity contribution in [1.29, 1.82) is 0 Å². The van der Waals surface area contributed by atoms with Gasteiger partial charge in [0, 0.05) is 12.6 Å². The molecule has 0 atom stereocenters. The Hall–Kier alpha value is -0.860. The third-order valence-electron chi connectivity index (χ3n) is 3.89. The number of nitrogens with two attached hydrogens (primary N) is 1. The molecule has 0 heterocycles. The molecule has 0 aromatic heterocycles. The lowest BCUT2D eigenvalue weighted by Crippen LogP contribution is -2.23. The van der Waals surface area contributed by atoms with E-state index in [1.54, 1.807) is 7.11 Å². The van der Waals surface area contributed by atoms with Gasteiger partial charge < -0.3 is 10.5 Å². The first-order chi connectivity index (χ1) is 7.95. The van der Waals surface area contributed by atoms with Crippen molar-refractivity contribution in [3.05, 3.63) is 35.4 Å². The highest BCUT2D eigenvalue weighted by Gasteiger charge is 2.39. The van der Waals surface area contributed by atoms with Crippen LogP contribution in [0.3, 0.4) is 0 Å². The lowest BCUT2D eigenvalue weighted by molar-refractivity contribution is 0.0158. The van der Waals surface area contributed by atoms with Gasteiger partial charge in [-0.3, -0.25) is 0 Å². The molecule has 1 aromatic rings. The molecular formula is C15H23NO. The molecule has 1 fully saturated rings. The molecule has 0 bridgehead atoms. The summed E-state index contributed by atoms with van der Waals surface area (Å²) in [4.78, 5) is 0. The summed E-state index contributed by atoms with van der Waals surface area (Å²) >= 11 is 0. The number of aryl methyl sites for hydroxylation is 1. The smallest absolute Gasteiger partial charge is 0.0625 e. The molecule has 2 rings (SSSR count). The highest BCUT2D eigenvalue weighted by molar-refractivity contribution is 5.32. The molecule has 1 saturated carbocycles. The summed E-state index contributed by atoms with van der Waals surface area (Å²) in [7, 11) is 1.77. The van der Waals surface area contributed by atoms with Gasteiger partial charge in [-0.05, 0) is 50.7 Å². The second-order valence-corrected chi connectivity index (χ2v) is 5.82. The van der Waals surface area contributed by atoms with Crippen LogP contribution in [0.5, 0.6) is 0 Å². The Morgan fingerprint density at radius 3 is 2.29 bits per heavy atom. The Kier molecular flexibility index (Phi) is 3.28. The van der Waals surface area contributed by atoms with Crippen molar-refractivity contribution in [3.8, 4) is 0 Å². The van der Waals surface area contributed by atoms with Crippen LogP contribution in [-0.2, 0) is 16.7 Å². The van der Waals surface area contributed by atoms with Crippen LogP contribution in [0.1, 0.15) is 44.2 Å². The maximum absolute atomic E-state index is 6.16. The van der Waals surface area contributed by atoms with Crippen LogP contribution >= 0.6 is 0 Å². The fourth-order valence-electron chi connectivity index (χ4n) is 1.97. The van der Waals surface area contributed by atoms with Crippen molar-refractivity contribution in [2.45, 2.75) is 50.7 Å². The lowest BCUT2D eigenvalue weighted by atomic mass is 9.96. The minimum Gasteiger partial charge on any atom is -0.379 e. The van der Waals surface area contributed by atoms with E-state index < -0.39 is 0 Å². The number of methoxy groups -OCH3 is 1. The molecule has 2 N–H and O–H groups in total. The summed E-state index contributed by atoms with van der Waals surface area (Å²) in [5, 5.41) is 0. The lowest BCUT2D eigenvalue weighted by Gasteiger charge is -2.22. The topological polar surface area (TPSA) is 35.2 Å². The predicted octanol–water partition coefficient (Wildman–Crippen LogP) is 2.99. The Morgan fingerprint density at radius 2 is 1.82 bits per heavy atom. The largest absolute Gasteiger partial charge is 0.379 e. The summed E-state index contributed by atoms with van der Waals surface area (Å²) in [6.07, 6.45) is 4.35. The van der Waals surface area contributed by atoms with E-state index in [0.29, 0.717) is 0 Å². The third kappa shape index (κ3) is 3.08. The monoisotopic (exact) mass is 233 g/mol. The van der Waals surface area contributed by atoms with Gasteiger partial charge in [-0.1, -0.05) is 24.3 Å². The first-order valence-corrected chi connectivity index (χ1v) is 6.39. The van der Waals surface area contributed by atoms with Gasteiger partial charge in [0.15, 0.2) is 0 Å². The number of hydrogen-bond acceptors (Lipinski definition) is 2. The minimum absolute atomic E-state index is 0.00959. The van der Waals surface area contributed by atoms with Crippen LogP contribution in [0, 0.1) is 0 Å². The molecule has 1 aliphatic carbocycles. The van der Waals surface area contributed by atoms with Gasteiger partial charge in [0.05, 0.1) is 5.60 Å². The minimum atomic E-state index is -0.0374. The fourth-order valence-corrected chi connectivity index (χ4v) is 1.97. The molecule has 0 radical (unpaired) electrons. The number of hydrogen-bond donors (Lipinski definition) is 1. The maximum Gasteiger partial charge on any atom is 0.0625 e. The van der Waals surface area contributed by atoms with Crippen LogP contribution in [0.15, 0.2) is 24.3 Å². The van der Waals surface area contributed by atoms with E-state index in [4.69, 9.17) is 10.5 Å². The first-order valence-electron chi connectivity index (χ1n) is 6.39. The number of rotatable bonds is 5. The van der Waals surface area contributed by atoms with Gasteiger partial charge in [0.25, 0.3) is 0 Å². The van der Waals surface area contributed by atoms with Gasteiger partial charge in [0.1, 0.15) is 0 Å². The molecule has 0 spiro atoms. The van der Waals surface area contributed by atoms with Crippen molar-refractivity contribution in [2.24, 2.45) is 5.73 Å². The van der Waals surface area contributed by atoms with E-state index in [9.17, 15) is 0 Å². The molecule has 2 heteroatoms. The van der Waals surface area contributed by atoms with Crippen LogP contribution in [-0.4, -0.2) is 12.7 Å². The van der Waals surface area contributed by atoms with E-state index in [2.05, 4.69) is 38.1 Å². The van der Waals surface area contributed by atoms with Crippen molar-refractivity contribution in [3.63, 3.8) is 0 Å². The zero-order valence-electron chi connectivity index (χ0n) is 11.1. The van der Waals surface area contributed by atoms with E-state index in [0.717, 1.165) is 25.7 Å². The van der Waals surface area contributed by atoms with Gasteiger partial charge in [-0.2, -0.15) is 0 Å². The Bertz CT molecular complexity index is 376. The quantitative estimate of drug-likeness (QED) is 0.848. The average Bonchev–Trinajstić information content (AvgIpc) is 3.07. The van der Waals surface area contributed by atoms with Gasteiger partial charge in [-0.25, -0.2) is 0 Å². The van der Waals surface area contributed by atoms with Crippen LogP contribution < -0.4 is 5.73 Å². The molecule has 1 aliphatic rings. The van der Waals surface area contributed by atoms with E-state index in [1.807, 2.05) is 0 Å². The Morgan fingerprint density at radius 1 is 1.24 bits per heavy atom. The molecule has 94 valence electrons. The highest BCUT2D eigenvalue weighted by atomic mass is 16.5. The molecule has 0 amide bonds. The summed E-state index contributed by atoms with van der Waals surface area (Å²) in [6, 6.07) is 8.77. The van der Waals surface area contributed by atoms with Crippen molar-refractivity contribution in [2.75, 3.05) is 7.11 Å². The zero-order valence-corrected chi connectivity index (χ0v) is 11.1. The van der Waals surface area contributed by atoms with Crippen LogP contribution in [0.2, 0.25) is 0 Å². The molecule has 2 nitrogen and oxygen atoms in total. The Balaban J connectivity index is 1.94. The summed E-state index contributed by atoms with van der Waals surface area (Å²) in [6.45, 7) is 4.25. The summed E-state index contributed by atoms with van der Waals surface area (Å²) in [5.74, 6) is 0. The first kappa shape index (κ1) is 12.6. The molecule has 17 heavy (non-hydrogen) atoms. The molecule has 0 aliphatic heterocycles. The molecular weight excluding hydrogens is 210 g/mol. The van der Waals surface area contributed by atoms with Gasteiger partial charge in [-0.15, -0.1) is 0 Å². The highest BCUT2D eigenvalue weighted by Crippen LogP contribution is 2.42. The standard InChI is InChI=1S/C15H23NO/c1-14(2,17-3)9-8-12-4-6-13(7-5-12)15(16)10-11-15/h4-7H,8-11,16H2,1-3H3. The average molecular weight is 233 g/mol. The number of ether oxygens (including phenoxy) is 1. The second kappa shape index (κ2) is 4.43. The van der Waals surface area contributed by atoms with E-state index >= 15 is 0 Å². The van der Waals surface area contributed by atoms with Gasteiger partial charge >= 0.3 is 0 Å². The number of benzene rings is 1. The summed E-state index contributed by atoms with van der Waals surface area (Å²) < 4.78 is 5.43. The maximum atomic E-state index is 6.16. The predicted molar refractivity (Wildman–Crippen MR) is 71.0 cm³/mol. The Labute approximate surface area is 104 Å². The normalized spacial score (nSPS) is 18.1. The third-order valence-corrected chi connectivity index (χ3v) is 3.89.